The summed E-state index contributed by atoms with van der Waals surface area (Å²) in [5.41, 5.74) is 8.31. The lowest BCUT2D eigenvalue weighted by Crippen LogP contribution is -1.89. The fourth-order valence-corrected chi connectivity index (χ4v) is 3.83. The second-order valence-electron chi connectivity index (χ2n) is 10.0. The lowest BCUT2D eigenvalue weighted by atomic mass is 10.0. The molecule has 0 unspecified atom stereocenters. The first-order valence-electron chi connectivity index (χ1n) is 13.0. The highest BCUT2D eigenvalue weighted by Crippen LogP contribution is 2.35. The van der Waals surface area contributed by atoms with E-state index in [0.29, 0.717) is 0 Å². The normalized spacial score (nSPS) is 14.5. The Labute approximate surface area is 215 Å². The van der Waals surface area contributed by atoms with Gasteiger partial charge in [-0.05, 0) is 113 Å². The van der Waals surface area contributed by atoms with E-state index < -0.39 is 7.82 Å². The number of phosphoric ester groups is 1. The summed E-state index contributed by atoms with van der Waals surface area (Å²) in [4.78, 5) is 17.4. The molecule has 0 bridgehead atoms. The Bertz CT molecular complexity index is 830. The molecule has 0 amide bonds. The third kappa shape index (κ3) is 24.0. The van der Waals surface area contributed by atoms with Crippen LogP contribution < -0.4 is 0 Å². The Balaban J connectivity index is 4.14. The van der Waals surface area contributed by atoms with E-state index in [1.807, 2.05) is 6.92 Å². The van der Waals surface area contributed by atoms with Crippen molar-refractivity contribution in [3.8, 4) is 0 Å². The molecule has 0 aromatic carbocycles. The maximum atomic E-state index is 10.7. The summed E-state index contributed by atoms with van der Waals surface area (Å²) in [7, 11) is -4.38. The van der Waals surface area contributed by atoms with E-state index >= 15 is 0 Å². The van der Waals surface area contributed by atoms with Gasteiger partial charge in [-0.25, -0.2) is 4.57 Å². The second-order valence-corrected chi connectivity index (χ2v) is 11.3. The van der Waals surface area contributed by atoms with E-state index in [-0.39, 0.29) is 6.61 Å². The fraction of sp³-hybridized carbons (Fsp3) is 0.600. The summed E-state index contributed by atoms with van der Waals surface area (Å²) in [6.07, 6.45) is 24.2. The van der Waals surface area contributed by atoms with Gasteiger partial charge in [-0.1, -0.05) is 69.9 Å². The van der Waals surface area contributed by atoms with Gasteiger partial charge in [0.2, 0.25) is 0 Å². The van der Waals surface area contributed by atoms with Crippen molar-refractivity contribution in [3.63, 3.8) is 0 Å². The molecule has 0 fully saturated rings. The highest BCUT2D eigenvalue weighted by molar-refractivity contribution is 7.46. The Kier molecular flexibility index (Phi) is 18.9. The first-order chi connectivity index (χ1) is 16.4. The molecule has 0 saturated carbocycles. The van der Waals surface area contributed by atoms with Crippen molar-refractivity contribution in [2.75, 3.05) is 6.61 Å². The molecule has 4 nitrogen and oxygen atoms in total. The summed E-state index contributed by atoms with van der Waals surface area (Å²) in [5.74, 6) is 0. The first kappa shape index (κ1) is 33.5. The van der Waals surface area contributed by atoms with E-state index in [1.165, 1.54) is 34.3 Å². The minimum absolute atomic E-state index is 0.0504. The minimum Gasteiger partial charge on any atom is -0.303 e. The number of hydrogen-bond acceptors (Lipinski definition) is 2. The van der Waals surface area contributed by atoms with Crippen LogP contribution >= 0.6 is 7.82 Å². The molecule has 5 heteroatoms. The van der Waals surface area contributed by atoms with E-state index in [9.17, 15) is 4.57 Å². The smallest absolute Gasteiger partial charge is 0.303 e. The van der Waals surface area contributed by atoms with Crippen LogP contribution in [0.5, 0.6) is 0 Å². The van der Waals surface area contributed by atoms with Gasteiger partial charge in [0.1, 0.15) is 0 Å². The zero-order valence-electron chi connectivity index (χ0n) is 23.4. The Morgan fingerprint density at radius 3 is 1.11 bits per heavy atom. The zero-order valence-corrected chi connectivity index (χ0v) is 24.3. The maximum Gasteiger partial charge on any atom is 0.469 e. The van der Waals surface area contributed by atoms with Crippen LogP contribution in [0.1, 0.15) is 113 Å². The standard InChI is InChI=1S/C30H51O4P/c1-25(2)13-8-14-26(3)15-9-16-27(4)17-10-18-28(5)19-11-20-29(6)21-12-22-30(7)23-24-34-35(31,32)33/h13,15,17,19,21,23H,8-12,14,16,18,20,22,24H2,1-7H3,(H2,31,32,33)/b26-15+,27-17+,28-19+,29-21+,30-23+. The monoisotopic (exact) mass is 506 g/mol. The molecule has 0 aliphatic carbocycles. The van der Waals surface area contributed by atoms with Crippen LogP contribution in [0.15, 0.2) is 69.9 Å². The van der Waals surface area contributed by atoms with Crippen LogP contribution in [0, 0.1) is 0 Å². The second kappa shape index (κ2) is 19.7. The molecule has 35 heavy (non-hydrogen) atoms. The van der Waals surface area contributed by atoms with Crippen molar-refractivity contribution in [2.45, 2.75) is 113 Å². The molecule has 0 radical (unpaired) electrons. The topological polar surface area (TPSA) is 66.8 Å². The van der Waals surface area contributed by atoms with Crippen LogP contribution in [0.4, 0.5) is 0 Å². The van der Waals surface area contributed by atoms with Gasteiger partial charge >= 0.3 is 7.82 Å². The molecule has 0 heterocycles. The molecule has 0 spiro atoms. The molecule has 0 atom stereocenters. The van der Waals surface area contributed by atoms with Crippen molar-refractivity contribution in [1.82, 2.24) is 0 Å². The molecule has 0 aromatic heterocycles. The third-order valence-electron chi connectivity index (χ3n) is 5.89. The molecule has 0 aliphatic rings. The van der Waals surface area contributed by atoms with Crippen molar-refractivity contribution in [3.05, 3.63) is 69.9 Å². The maximum absolute atomic E-state index is 10.7. The number of hydrogen-bond donors (Lipinski definition) is 2. The predicted octanol–water partition coefficient (Wildman–Crippen LogP) is 9.69. The van der Waals surface area contributed by atoms with Gasteiger partial charge in [0.15, 0.2) is 0 Å². The quantitative estimate of drug-likeness (QED) is 0.143. The number of phosphoric acid groups is 1. The minimum atomic E-state index is -4.38. The van der Waals surface area contributed by atoms with Crippen LogP contribution in [0.25, 0.3) is 0 Å². The number of rotatable bonds is 18. The van der Waals surface area contributed by atoms with Crippen LogP contribution in [0.3, 0.4) is 0 Å². The van der Waals surface area contributed by atoms with Gasteiger partial charge in [0.05, 0.1) is 6.61 Å². The molecular formula is C30H51O4P. The van der Waals surface area contributed by atoms with Gasteiger partial charge in [-0.2, -0.15) is 0 Å². The highest BCUT2D eigenvalue weighted by Gasteiger charge is 2.11. The molecule has 0 aromatic rings. The van der Waals surface area contributed by atoms with E-state index in [2.05, 4.69) is 76.4 Å². The van der Waals surface area contributed by atoms with Crippen LogP contribution in [-0.2, 0) is 9.09 Å². The van der Waals surface area contributed by atoms with Gasteiger partial charge < -0.3 is 9.79 Å². The summed E-state index contributed by atoms with van der Waals surface area (Å²) in [6.45, 7) is 15.1. The SMILES string of the molecule is CC(C)=CCC/C(C)=C/CC/C(C)=C/CC/C(C)=C/CC/C(C)=C/CC/C(C)=C/COP(=O)(O)O. The van der Waals surface area contributed by atoms with Gasteiger partial charge in [0.25, 0.3) is 0 Å². The van der Waals surface area contributed by atoms with Crippen LogP contribution in [-0.4, -0.2) is 16.4 Å². The van der Waals surface area contributed by atoms with Crippen molar-refractivity contribution in [2.24, 2.45) is 0 Å². The largest absolute Gasteiger partial charge is 0.469 e. The molecule has 0 rings (SSSR count). The molecule has 0 saturated heterocycles. The van der Waals surface area contributed by atoms with Crippen molar-refractivity contribution >= 4 is 7.82 Å². The van der Waals surface area contributed by atoms with Gasteiger partial charge in [-0.3, -0.25) is 4.52 Å². The summed E-state index contributed by atoms with van der Waals surface area (Å²) in [5, 5.41) is 0. The lowest BCUT2D eigenvalue weighted by Gasteiger charge is -2.04. The Hall–Kier alpha value is -1.45. The molecular weight excluding hydrogens is 455 g/mol. The molecule has 0 aliphatic heterocycles. The third-order valence-corrected chi connectivity index (χ3v) is 6.38. The van der Waals surface area contributed by atoms with E-state index in [1.54, 1.807) is 6.08 Å². The predicted molar refractivity (Wildman–Crippen MR) is 152 cm³/mol. The fourth-order valence-electron chi connectivity index (χ4n) is 3.56. The van der Waals surface area contributed by atoms with Crippen molar-refractivity contribution < 1.29 is 18.9 Å². The summed E-state index contributed by atoms with van der Waals surface area (Å²) < 4.78 is 15.1. The number of allylic oxidation sites excluding steroid dienone is 11. The Morgan fingerprint density at radius 2 is 0.829 bits per heavy atom. The van der Waals surface area contributed by atoms with Crippen LogP contribution in [0.2, 0.25) is 0 Å². The zero-order chi connectivity index (χ0) is 26.7. The average Bonchev–Trinajstić information content (AvgIpc) is 2.72. The van der Waals surface area contributed by atoms with Gasteiger partial charge in [-0.15, -0.1) is 0 Å². The van der Waals surface area contributed by atoms with Gasteiger partial charge in [0, 0.05) is 0 Å². The highest BCUT2D eigenvalue weighted by atomic mass is 31.2. The summed E-state index contributed by atoms with van der Waals surface area (Å²) >= 11 is 0. The molecule has 200 valence electrons. The summed E-state index contributed by atoms with van der Waals surface area (Å²) in [6, 6.07) is 0. The van der Waals surface area contributed by atoms with E-state index in [0.717, 1.165) is 63.4 Å². The van der Waals surface area contributed by atoms with E-state index in [4.69, 9.17) is 9.79 Å². The molecule has 2 N–H and O–H groups in total. The lowest BCUT2D eigenvalue weighted by molar-refractivity contribution is 0.215. The Morgan fingerprint density at radius 1 is 0.543 bits per heavy atom. The first-order valence-corrected chi connectivity index (χ1v) is 14.5. The average molecular weight is 507 g/mol. The van der Waals surface area contributed by atoms with Crippen molar-refractivity contribution in [1.29, 1.82) is 0 Å².